The lowest BCUT2D eigenvalue weighted by Gasteiger charge is -2.13. The topological polar surface area (TPSA) is 87.3 Å². The summed E-state index contributed by atoms with van der Waals surface area (Å²) in [6.07, 6.45) is 0. The van der Waals surface area contributed by atoms with Crippen LogP contribution in [0.1, 0.15) is 47.8 Å². The largest absolute Gasteiger partial charge is 0.348 e. The molecule has 0 saturated heterocycles. The molecule has 9 heteroatoms. The van der Waals surface area contributed by atoms with E-state index in [2.05, 4.69) is 16.0 Å². The fraction of sp³-hybridized carbons (Fsp3) is 0.100. The highest BCUT2D eigenvalue weighted by molar-refractivity contribution is 6.32. The summed E-state index contributed by atoms with van der Waals surface area (Å²) >= 11 is 18.6. The minimum absolute atomic E-state index is 0.148. The van der Waals surface area contributed by atoms with Gasteiger partial charge in [0.15, 0.2) is 0 Å². The molecule has 6 nitrogen and oxygen atoms in total. The standard InChI is InChI=1S/C30H24Cl3N3O3/c31-25-10-4-1-7-19(25)16-34-28(37)22-13-23(29(38)35-17-20-8-2-5-11-26(20)32)15-24(14-22)30(39)36-18-21-9-3-6-12-27(21)33/h1-15H,16-18H2,(H,34,37)(H,35,38)(H,36,39). The van der Waals surface area contributed by atoms with Gasteiger partial charge in [0.2, 0.25) is 0 Å². The average Bonchev–Trinajstić information content (AvgIpc) is 2.95. The van der Waals surface area contributed by atoms with Crippen molar-refractivity contribution < 1.29 is 14.4 Å². The van der Waals surface area contributed by atoms with E-state index in [-0.39, 0.29) is 36.3 Å². The van der Waals surface area contributed by atoms with Crippen molar-refractivity contribution in [2.45, 2.75) is 19.6 Å². The number of halogens is 3. The van der Waals surface area contributed by atoms with E-state index in [9.17, 15) is 14.4 Å². The average molecular weight is 581 g/mol. The number of carbonyl (C=O) groups is 3. The van der Waals surface area contributed by atoms with E-state index >= 15 is 0 Å². The third kappa shape index (κ3) is 7.60. The van der Waals surface area contributed by atoms with Crippen LogP contribution in [0.2, 0.25) is 15.1 Å². The van der Waals surface area contributed by atoms with E-state index in [4.69, 9.17) is 34.8 Å². The SMILES string of the molecule is O=C(NCc1ccccc1Cl)c1cc(C(=O)NCc2ccccc2Cl)cc(C(=O)NCc2ccccc2Cl)c1. The van der Waals surface area contributed by atoms with Crippen LogP contribution in [0.5, 0.6) is 0 Å². The number of benzene rings is 4. The highest BCUT2D eigenvalue weighted by Crippen LogP contribution is 2.18. The van der Waals surface area contributed by atoms with Crippen LogP contribution < -0.4 is 16.0 Å². The normalized spacial score (nSPS) is 10.5. The molecule has 0 fully saturated rings. The predicted octanol–water partition coefficient (Wildman–Crippen LogP) is 6.44. The molecule has 39 heavy (non-hydrogen) atoms. The Bertz CT molecular complexity index is 1330. The van der Waals surface area contributed by atoms with E-state index in [0.29, 0.717) is 15.1 Å². The minimum Gasteiger partial charge on any atom is -0.348 e. The second-order valence-electron chi connectivity index (χ2n) is 8.62. The first-order valence-corrected chi connectivity index (χ1v) is 13.1. The van der Waals surface area contributed by atoms with E-state index in [1.807, 2.05) is 18.2 Å². The number of rotatable bonds is 9. The van der Waals surface area contributed by atoms with Gasteiger partial charge in [-0.05, 0) is 53.1 Å². The van der Waals surface area contributed by atoms with Crippen molar-refractivity contribution >= 4 is 52.5 Å². The molecule has 0 aromatic heterocycles. The fourth-order valence-electron chi connectivity index (χ4n) is 3.78. The van der Waals surface area contributed by atoms with Gasteiger partial charge in [-0.3, -0.25) is 14.4 Å². The molecule has 0 aliphatic carbocycles. The maximum atomic E-state index is 13.1. The van der Waals surface area contributed by atoms with E-state index in [1.54, 1.807) is 54.6 Å². The lowest BCUT2D eigenvalue weighted by molar-refractivity contribution is 0.0950. The molecule has 0 unspecified atom stereocenters. The first kappa shape index (κ1) is 28.2. The highest BCUT2D eigenvalue weighted by atomic mass is 35.5. The summed E-state index contributed by atoms with van der Waals surface area (Å²) in [5.41, 5.74) is 2.65. The van der Waals surface area contributed by atoms with Crippen LogP contribution in [-0.2, 0) is 19.6 Å². The van der Waals surface area contributed by atoms with Crippen molar-refractivity contribution in [3.05, 3.63) is 139 Å². The van der Waals surface area contributed by atoms with Gasteiger partial charge in [-0.25, -0.2) is 0 Å². The fourth-order valence-corrected chi connectivity index (χ4v) is 4.39. The number of hydrogen-bond donors (Lipinski definition) is 3. The van der Waals surface area contributed by atoms with Crippen LogP contribution in [0, 0.1) is 0 Å². The molecule has 4 aromatic carbocycles. The van der Waals surface area contributed by atoms with Crippen molar-refractivity contribution in [1.29, 1.82) is 0 Å². The molecule has 4 rings (SSSR count). The van der Waals surface area contributed by atoms with Gasteiger partial charge < -0.3 is 16.0 Å². The van der Waals surface area contributed by atoms with Crippen molar-refractivity contribution in [3.63, 3.8) is 0 Å². The number of nitrogens with one attached hydrogen (secondary N) is 3. The maximum absolute atomic E-state index is 13.1. The smallest absolute Gasteiger partial charge is 0.251 e. The Morgan fingerprint density at radius 2 is 0.718 bits per heavy atom. The molecule has 0 radical (unpaired) electrons. The van der Waals surface area contributed by atoms with Crippen LogP contribution in [0.4, 0.5) is 0 Å². The van der Waals surface area contributed by atoms with Crippen LogP contribution in [-0.4, -0.2) is 17.7 Å². The zero-order chi connectivity index (χ0) is 27.8. The monoisotopic (exact) mass is 579 g/mol. The Morgan fingerprint density at radius 1 is 0.462 bits per heavy atom. The Kier molecular flexibility index (Phi) is 9.60. The van der Waals surface area contributed by atoms with Crippen LogP contribution >= 0.6 is 34.8 Å². The summed E-state index contributed by atoms with van der Waals surface area (Å²) < 4.78 is 0. The number of hydrogen-bond acceptors (Lipinski definition) is 3. The third-order valence-electron chi connectivity index (χ3n) is 5.91. The lowest BCUT2D eigenvalue weighted by atomic mass is 10.0. The van der Waals surface area contributed by atoms with Crippen LogP contribution in [0.15, 0.2) is 91.0 Å². The number of carbonyl (C=O) groups excluding carboxylic acids is 3. The molecule has 0 heterocycles. The van der Waals surface area contributed by atoms with Gasteiger partial charge in [-0.1, -0.05) is 89.4 Å². The van der Waals surface area contributed by atoms with Crippen molar-refractivity contribution in [2.75, 3.05) is 0 Å². The molecule has 3 N–H and O–H groups in total. The Morgan fingerprint density at radius 3 is 0.974 bits per heavy atom. The Hall–Kier alpha value is -3.84. The summed E-state index contributed by atoms with van der Waals surface area (Å²) in [5, 5.41) is 9.95. The molecule has 0 atom stereocenters. The molecule has 198 valence electrons. The van der Waals surface area contributed by atoms with Gasteiger partial charge in [0, 0.05) is 51.4 Å². The zero-order valence-electron chi connectivity index (χ0n) is 20.6. The molecule has 0 aliphatic rings. The number of amides is 3. The minimum atomic E-state index is -0.462. The third-order valence-corrected chi connectivity index (χ3v) is 7.02. The van der Waals surface area contributed by atoms with Gasteiger partial charge >= 0.3 is 0 Å². The van der Waals surface area contributed by atoms with Gasteiger partial charge in [0.1, 0.15) is 0 Å². The molecule has 3 amide bonds. The van der Waals surface area contributed by atoms with Gasteiger partial charge in [-0.2, -0.15) is 0 Å². The zero-order valence-corrected chi connectivity index (χ0v) is 22.9. The van der Waals surface area contributed by atoms with E-state index in [0.717, 1.165) is 16.7 Å². The lowest BCUT2D eigenvalue weighted by Crippen LogP contribution is -2.28. The summed E-state index contributed by atoms with van der Waals surface area (Å²) in [5.74, 6) is -1.39. The van der Waals surface area contributed by atoms with Crippen molar-refractivity contribution in [2.24, 2.45) is 0 Å². The first-order valence-electron chi connectivity index (χ1n) is 12.0. The summed E-state index contributed by atoms with van der Waals surface area (Å²) in [4.78, 5) is 39.2. The maximum Gasteiger partial charge on any atom is 0.251 e. The van der Waals surface area contributed by atoms with E-state index in [1.165, 1.54) is 18.2 Å². The second kappa shape index (κ2) is 13.3. The highest BCUT2D eigenvalue weighted by Gasteiger charge is 2.17. The molecule has 4 aromatic rings. The first-order chi connectivity index (χ1) is 18.8. The van der Waals surface area contributed by atoms with Gasteiger partial charge in [-0.15, -0.1) is 0 Å². The van der Waals surface area contributed by atoms with Crippen LogP contribution in [0.25, 0.3) is 0 Å². The van der Waals surface area contributed by atoms with Gasteiger partial charge in [0.25, 0.3) is 17.7 Å². The quantitative estimate of drug-likeness (QED) is 0.213. The molecular weight excluding hydrogens is 557 g/mol. The molecule has 0 aliphatic heterocycles. The molecule has 0 spiro atoms. The molecule has 0 bridgehead atoms. The van der Waals surface area contributed by atoms with Crippen molar-refractivity contribution in [1.82, 2.24) is 16.0 Å². The molecular formula is C30H24Cl3N3O3. The molecule has 0 saturated carbocycles. The van der Waals surface area contributed by atoms with Crippen LogP contribution in [0.3, 0.4) is 0 Å². The Labute approximate surface area is 241 Å². The summed E-state index contributed by atoms with van der Waals surface area (Å²) in [7, 11) is 0. The predicted molar refractivity (Wildman–Crippen MR) is 154 cm³/mol. The van der Waals surface area contributed by atoms with E-state index < -0.39 is 17.7 Å². The summed E-state index contributed by atoms with van der Waals surface area (Å²) in [6, 6.07) is 25.8. The van der Waals surface area contributed by atoms with Gasteiger partial charge in [0.05, 0.1) is 0 Å². The second-order valence-corrected chi connectivity index (χ2v) is 9.84. The Balaban J connectivity index is 1.56. The summed E-state index contributed by atoms with van der Waals surface area (Å²) in [6.45, 7) is 0.528. The van der Waals surface area contributed by atoms with Crippen molar-refractivity contribution in [3.8, 4) is 0 Å².